The largest absolute Gasteiger partial charge is 0.0885 e. The lowest BCUT2D eigenvalue weighted by Crippen LogP contribution is -1.81. The standard InChI is InChI=1S/C18H35/c1-3-5-7-9-11-13-15-17-18-16-14-12-10-8-6-4-2/h11,13,17H,3-10,12,14-16,18H2,1-2H3. The van der Waals surface area contributed by atoms with Gasteiger partial charge in [-0.15, -0.1) is 0 Å². The number of hydrogen-bond donors (Lipinski definition) is 0. The molecular formula is C18H35. The van der Waals surface area contributed by atoms with Crippen LogP contribution in [-0.4, -0.2) is 0 Å². The quantitative estimate of drug-likeness (QED) is 0.234. The first kappa shape index (κ1) is 17.7. The lowest BCUT2D eigenvalue weighted by atomic mass is 10.1. The van der Waals surface area contributed by atoms with E-state index < -0.39 is 0 Å². The van der Waals surface area contributed by atoms with Crippen LogP contribution in [0.2, 0.25) is 0 Å². The molecule has 0 nitrogen and oxygen atoms in total. The molecule has 0 saturated carbocycles. The average molecular weight is 251 g/mol. The van der Waals surface area contributed by atoms with Crippen molar-refractivity contribution >= 4 is 0 Å². The summed E-state index contributed by atoms with van der Waals surface area (Å²) in [7, 11) is 0. The van der Waals surface area contributed by atoms with E-state index in [1.54, 1.807) is 0 Å². The van der Waals surface area contributed by atoms with E-state index in [1.165, 1.54) is 83.5 Å². The Kier molecular flexibility index (Phi) is 16.5. The van der Waals surface area contributed by atoms with E-state index in [9.17, 15) is 0 Å². The van der Waals surface area contributed by atoms with E-state index in [-0.39, 0.29) is 0 Å². The number of unbranched alkanes of at least 4 members (excludes halogenated alkanes) is 12. The minimum absolute atomic E-state index is 1.18. The second-order valence-electron chi connectivity index (χ2n) is 5.40. The maximum Gasteiger partial charge on any atom is -0.0319 e. The zero-order valence-electron chi connectivity index (χ0n) is 12.9. The van der Waals surface area contributed by atoms with Crippen molar-refractivity contribution in [3.8, 4) is 0 Å². The van der Waals surface area contributed by atoms with Crippen molar-refractivity contribution < 1.29 is 0 Å². The third kappa shape index (κ3) is 15.7. The monoisotopic (exact) mass is 251 g/mol. The van der Waals surface area contributed by atoms with E-state index in [0.717, 1.165) is 0 Å². The summed E-state index contributed by atoms with van der Waals surface area (Å²) in [5.74, 6) is 0. The van der Waals surface area contributed by atoms with Gasteiger partial charge in [0.05, 0.1) is 0 Å². The topological polar surface area (TPSA) is 0 Å². The Morgan fingerprint density at radius 1 is 0.556 bits per heavy atom. The molecule has 0 aliphatic rings. The molecule has 0 aromatic heterocycles. The first-order valence-corrected chi connectivity index (χ1v) is 8.38. The third-order valence-corrected chi connectivity index (χ3v) is 3.46. The van der Waals surface area contributed by atoms with Gasteiger partial charge in [-0.2, -0.15) is 0 Å². The van der Waals surface area contributed by atoms with Crippen LogP contribution < -0.4 is 0 Å². The SMILES string of the molecule is CCCCCC=CC[CH]CCCCCCCCC. The van der Waals surface area contributed by atoms with E-state index in [2.05, 4.69) is 32.4 Å². The van der Waals surface area contributed by atoms with Gasteiger partial charge >= 0.3 is 0 Å². The highest BCUT2D eigenvalue weighted by atomic mass is 14.0. The average Bonchev–Trinajstić information content (AvgIpc) is 2.39. The Morgan fingerprint density at radius 2 is 1.11 bits per heavy atom. The molecule has 0 fully saturated rings. The van der Waals surface area contributed by atoms with Crippen LogP contribution in [0.3, 0.4) is 0 Å². The molecule has 18 heavy (non-hydrogen) atoms. The van der Waals surface area contributed by atoms with Crippen molar-refractivity contribution in [2.75, 3.05) is 0 Å². The van der Waals surface area contributed by atoms with Crippen molar-refractivity contribution in [3.63, 3.8) is 0 Å². The van der Waals surface area contributed by atoms with Gasteiger partial charge in [-0.05, 0) is 32.1 Å². The van der Waals surface area contributed by atoms with Crippen molar-refractivity contribution in [2.45, 2.75) is 97.3 Å². The number of hydrogen-bond acceptors (Lipinski definition) is 0. The summed E-state index contributed by atoms with van der Waals surface area (Å²) in [6, 6.07) is 0. The van der Waals surface area contributed by atoms with Crippen molar-refractivity contribution in [1.29, 1.82) is 0 Å². The van der Waals surface area contributed by atoms with Gasteiger partial charge in [0, 0.05) is 0 Å². The first-order chi connectivity index (χ1) is 8.91. The third-order valence-electron chi connectivity index (χ3n) is 3.46. The summed E-state index contributed by atoms with van der Waals surface area (Å²) in [5, 5.41) is 0. The van der Waals surface area contributed by atoms with Crippen LogP contribution in [0.1, 0.15) is 97.3 Å². The minimum atomic E-state index is 1.18. The summed E-state index contributed by atoms with van der Waals surface area (Å²) in [4.78, 5) is 0. The molecule has 0 amide bonds. The predicted molar refractivity (Wildman–Crippen MR) is 84.8 cm³/mol. The fourth-order valence-corrected chi connectivity index (χ4v) is 2.19. The lowest BCUT2D eigenvalue weighted by Gasteiger charge is -2.00. The Labute approximate surface area is 116 Å². The van der Waals surface area contributed by atoms with Crippen LogP contribution in [-0.2, 0) is 0 Å². The highest BCUT2D eigenvalue weighted by Crippen LogP contribution is 2.10. The van der Waals surface area contributed by atoms with Gasteiger partial charge in [-0.1, -0.05) is 83.8 Å². The second kappa shape index (κ2) is 16.7. The molecule has 0 unspecified atom stereocenters. The Bertz CT molecular complexity index is 157. The molecule has 0 rings (SSSR count). The van der Waals surface area contributed by atoms with Crippen LogP contribution in [0, 0.1) is 6.42 Å². The van der Waals surface area contributed by atoms with Crippen molar-refractivity contribution in [3.05, 3.63) is 18.6 Å². The predicted octanol–water partition coefficient (Wildman–Crippen LogP) is 6.86. The minimum Gasteiger partial charge on any atom is -0.0885 e. The summed E-state index contributed by atoms with van der Waals surface area (Å²) in [6.07, 6.45) is 25.0. The second-order valence-corrected chi connectivity index (χ2v) is 5.40. The first-order valence-electron chi connectivity index (χ1n) is 8.38. The van der Waals surface area contributed by atoms with Crippen LogP contribution >= 0.6 is 0 Å². The van der Waals surface area contributed by atoms with Gasteiger partial charge in [-0.3, -0.25) is 0 Å². The molecule has 0 bridgehead atoms. The fourth-order valence-electron chi connectivity index (χ4n) is 2.19. The van der Waals surface area contributed by atoms with Gasteiger partial charge < -0.3 is 0 Å². The Morgan fingerprint density at radius 3 is 1.83 bits per heavy atom. The molecule has 1 radical (unpaired) electrons. The van der Waals surface area contributed by atoms with Crippen LogP contribution in [0.25, 0.3) is 0 Å². The molecule has 0 heterocycles. The Hall–Kier alpha value is -0.260. The van der Waals surface area contributed by atoms with E-state index >= 15 is 0 Å². The van der Waals surface area contributed by atoms with Gasteiger partial charge in [0.2, 0.25) is 0 Å². The lowest BCUT2D eigenvalue weighted by molar-refractivity contribution is 0.586. The maximum absolute atomic E-state index is 2.45. The molecule has 0 N–H and O–H groups in total. The van der Waals surface area contributed by atoms with Crippen LogP contribution in [0.15, 0.2) is 12.2 Å². The molecule has 107 valence electrons. The highest BCUT2D eigenvalue weighted by molar-refractivity contribution is 4.86. The molecule has 0 saturated heterocycles. The van der Waals surface area contributed by atoms with Gasteiger partial charge in [-0.25, -0.2) is 0 Å². The molecule has 0 aromatic rings. The summed E-state index contributed by atoms with van der Waals surface area (Å²) >= 11 is 0. The Balaban J connectivity index is 2.98. The smallest absolute Gasteiger partial charge is 0.0319 e. The normalized spacial score (nSPS) is 11.4. The summed E-state index contributed by atoms with van der Waals surface area (Å²) in [5.41, 5.74) is 0. The molecule has 0 aliphatic carbocycles. The van der Waals surface area contributed by atoms with Crippen LogP contribution in [0.5, 0.6) is 0 Å². The van der Waals surface area contributed by atoms with E-state index in [1.807, 2.05) is 0 Å². The van der Waals surface area contributed by atoms with Gasteiger partial charge in [0.15, 0.2) is 0 Å². The highest BCUT2D eigenvalue weighted by Gasteiger charge is 1.91. The zero-order chi connectivity index (χ0) is 13.3. The number of rotatable bonds is 14. The molecule has 0 spiro atoms. The van der Waals surface area contributed by atoms with Gasteiger partial charge in [0.1, 0.15) is 0 Å². The number of allylic oxidation sites excluding steroid dienone is 2. The van der Waals surface area contributed by atoms with Crippen molar-refractivity contribution in [1.82, 2.24) is 0 Å². The van der Waals surface area contributed by atoms with E-state index in [4.69, 9.17) is 0 Å². The molecular weight excluding hydrogens is 216 g/mol. The molecule has 0 aromatic carbocycles. The molecule has 0 heteroatoms. The van der Waals surface area contributed by atoms with Crippen LogP contribution in [0.4, 0.5) is 0 Å². The molecule has 0 aliphatic heterocycles. The molecule has 0 atom stereocenters. The summed E-state index contributed by atoms with van der Waals surface area (Å²) < 4.78 is 0. The van der Waals surface area contributed by atoms with Gasteiger partial charge in [0.25, 0.3) is 0 Å². The maximum atomic E-state index is 2.45. The van der Waals surface area contributed by atoms with Crippen molar-refractivity contribution in [2.24, 2.45) is 0 Å². The zero-order valence-corrected chi connectivity index (χ0v) is 12.9. The summed E-state index contributed by atoms with van der Waals surface area (Å²) in [6.45, 7) is 4.55. The van der Waals surface area contributed by atoms with E-state index in [0.29, 0.717) is 0 Å². The fraction of sp³-hybridized carbons (Fsp3) is 0.833.